The van der Waals surface area contributed by atoms with Gasteiger partial charge in [-0.25, -0.2) is 19.2 Å². The maximum Gasteiger partial charge on any atom is 0.416 e. The number of halogens is 5. The first kappa shape index (κ1) is 23.7. The minimum atomic E-state index is -4.46. The topological polar surface area (TPSA) is 61.4 Å². The van der Waals surface area contributed by atoms with Crippen molar-refractivity contribution in [3.63, 3.8) is 0 Å². The molecule has 2 amide bonds. The quantitative estimate of drug-likeness (QED) is 0.481. The van der Waals surface area contributed by atoms with Gasteiger partial charge in [-0.2, -0.15) is 13.2 Å². The fourth-order valence-corrected chi connectivity index (χ4v) is 3.77. The number of benzene rings is 2. The number of aromatic nitrogens is 2. The van der Waals surface area contributed by atoms with Crippen LogP contribution in [0.25, 0.3) is 11.4 Å². The summed E-state index contributed by atoms with van der Waals surface area (Å²) in [4.78, 5) is 24.9. The summed E-state index contributed by atoms with van der Waals surface area (Å²) in [5.74, 6) is 0.206. The van der Waals surface area contributed by atoms with Gasteiger partial charge in [-0.05, 0) is 37.3 Å². The molecule has 2 aromatic carbocycles. The number of amides is 2. The summed E-state index contributed by atoms with van der Waals surface area (Å²) in [5, 5.41) is 2.61. The summed E-state index contributed by atoms with van der Waals surface area (Å²) in [6.45, 7) is 3.47. The highest BCUT2D eigenvalue weighted by molar-refractivity contribution is 6.31. The average molecular weight is 494 g/mol. The molecule has 6 nitrogen and oxygen atoms in total. The van der Waals surface area contributed by atoms with Crippen LogP contribution in [0.3, 0.4) is 0 Å². The van der Waals surface area contributed by atoms with Gasteiger partial charge in [-0.1, -0.05) is 23.7 Å². The number of carbonyl (C=O) groups is 1. The number of nitrogens with one attached hydrogen (secondary N) is 1. The summed E-state index contributed by atoms with van der Waals surface area (Å²) in [5.41, 5.74) is 0.510. The summed E-state index contributed by atoms with van der Waals surface area (Å²) < 4.78 is 52.6. The van der Waals surface area contributed by atoms with Crippen molar-refractivity contribution < 1.29 is 22.4 Å². The predicted octanol–water partition coefficient (Wildman–Crippen LogP) is 5.62. The largest absolute Gasteiger partial charge is 0.416 e. The van der Waals surface area contributed by atoms with E-state index in [2.05, 4.69) is 15.3 Å². The summed E-state index contributed by atoms with van der Waals surface area (Å²) >= 11 is 5.76. The SMILES string of the molecule is Cc1cc(N2CCN(C(=O)Nc3ccc(F)c(Cl)c3)CC2)nc(-c2cccc(C(F)(F)F)c2)n1. The number of urea groups is 1. The highest BCUT2D eigenvalue weighted by Gasteiger charge is 2.31. The number of anilines is 2. The fraction of sp³-hybridized carbons (Fsp3) is 0.261. The van der Waals surface area contributed by atoms with Gasteiger partial charge in [0, 0.05) is 49.2 Å². The lowest BCUT2D eigenvalue weighted by molar-refractivity contribution is -0.137. The molecule has 11 heteroatoms. The first-order valence-corrected chi connectivity index (χ1v) is 10.8. The van der Waals surface area contributed by atoms with E-state index >= 15 is 0 Å². The summed E-state index contributed by atoms with van der Waals surface area (Å²) in [7, 11) is 0. The zero-order valence-electron chi connectivity index (χ0n) is 18.0. The summed E-state index contributed by atoms with van der Waals surface area (Å²) in [6, 6.07) is 10.3. The number of nitrogens with zero attached hydrogens (tertiary/aromatic N) is 4. The molecule has 0 spiro atoms. The van der Waals surface area contributed by atoms with Crippen molar-refractivity contribution in [1.82, 2.24) is 14.9 Å². The molecule has 0 radical (unpaired) electrons. The zero-order valence-corrected chi connectivity index (χ0v) is 18.8. The molecule has 3 aromatic rings. The molecule has 0 atom stereocenters. The molecule has 1 aliphatic rings. The van der Waals surface area contributed by atoms with Gasteiger partial charge in [0.1, 0.15) is 11.6 Å². The highest BCUT2D eigenvalue weighted by atomic mass is 35.5. The maximum atomic E-state index is 13.3. The fourth-order valence-electron chi connectivity index (χ4n) is 3.59. The van der Waals surface area contributed by atoms with Crippen LogP contribution in [0.1, 0.15) is 11.3 Å². The highest BCUT2D eigenvalue weighted by Crippen LogP contribution is 2.32. The Hall–Kier alpha value is -3.40. The second kappa shape index (κ2) is 9.46. The van der Waals surface area contributed by atoms with Crippen LogP contribution in [0.5, 0.6) is 0 Å². The normalized spacial score (nSPS) is 14.3. The molecule has 1 aromatic heterocycles. The van der Waals surface area contributed by atoms with Crippen LogP contribution in [0.2, 0.25) is 5.02 Å². The second-order valence-corrected chi connectivity index (χ2v) is 8.21. The Kier molecular flexibility index (Phi) is 6.60. The van der Waals surface area contributed by atoms with Crippen LogP contribution < -0.4 is 10.2 Å². The number of rotatable bonds is 3. The van der Waals surface area contributed by atoms with E-state index in [0.29, 0.717) is 43.4 Å². The number of alkyl halides is 3. The Morgan fingerprint density at radius 3 is 2.44 bits per heavy atom. The molecule has 1 N–H and O–H groups in total. The van der Waals surface area contributed by atoms with Gasteiger partial charge in [0.2, 0.25) is 0 Å². The van der Waals surface area contributed by atoms with Crippen LogP contribution in [-0.4, -0.2) is 47.1 Å². The van der Waals surface area contributed by atoms with Gasteiger partial charge >= 0.3 is 12.2 Å². The van der Waals surface area contributed by atoms with Gasteiger partial charge in [-0.3, -0.25) is 0 Å². The molecule has 0 saturated carbocycles. The molecular formula is C23H20ClF4N5O. The number of hydrogen-bond donors (Lipinski definition) is 1. The molecule has 2 heterocycles. The van der Waals surface area contributed by atoms with E-state index in [1.165, 1.54) is 30.3 Å². The molecule has 34 heavy (non-hydrogen) atoms. The Morgan fingerprint density at radius 2 is 1.76 bits per heavy atom. The third-order valence-electron chi connectivity index (χ3n) is 5.35. The minimum absolute atomic E-state index is 0.0849. The van der Waals surface area contributed by atoms with Gasteiger partial charge in [0.25, 0.3) is 0 Å². The Labute approximate surface area is 198 Å². The van der Waals surface area contributed by atoms with E-state index in [9.17, 15) is 22.4 Å². The van der Waals surface area contributed by atoms with Crippen LogP contribution in [0.4, 0.5) is 33.9 Å². The van der Waals surface area contributed by atoms with E-state index in [0.717, 1.165) is 12.1 Å². The first-order valence-electron chi connectivity index (χ1n) is 10.4. The van der Waals surface area contributed by atoms with Crippen molar-refractivity contribution >= 4 is 29.1 Å². The van der Waals surface area contributed by atoms with Crippen molar-refractivity contribution in [3.8, 4) is 11.4 Å². The molecule has 178 valence electrons. The van der Waals surface area contributed by atoms with E-state index in [-0.39, 0.29) is 22.4 Å². The zero-order chi connectivity index (χ0) is 24.5. The Bertz CT molecular complexity index is 1210. The third-order valence-corrected chi connectivity index (χ3v) is 5.64. The van der Waals surface area contributed by atoms with Gasteiger partial charge < -0.3 is 15.1 Å². The summed E-state index contributed by atoms with van der Waals surface area (Å²) in [6.07, 6.45) is -4.46. The standard InChI is InChI=1S/C23H20ClF4N5O/c1-14-11-20(31-21(29-14)15-3-2-4-16(12-15)23(26,27)28)32-7-9-33(10-8-32)22(34)30-17-5-6-19(25)18(24)13-17/h2-6,11-13H,7-10H2,1H3,(H,30,34). The van der Waals surface area contributed by atoms with Crippen molar-refractivity contribution in [1.29, 1.82) is 0 Å². The third kappa shape index (κ3) is 5.39. The van der Waals surface area contributed by atoms with Crippen molar-refractivity contribution in [2.75, 3.05) is 36.4 Å². The van der Waals surface area contributed by atoms with Gasteiger partial charge in [0.05, 0.1) is 10.6 Å². The van der Waals surface area contributed by atoms with Crippen LogP contribution in [-0.2, 0) is 6.18 Å². The van der Waals surface area contributed by atoms with Crippen LogP contribution in [0.15, 0.2) is 48.5 Å². The molecule has 1 fully saturated rings. The lowest BCUT2D eigenvalue weighted by atomic mass is 10.1. The predicted molar refractivity (Wildman–Crippen MR) is 121 cm³/mol. The molecule has 0 bridgehead atoms. The molecule has 4 rings (SSSR count). The van der Waals surface area contributed by atoms with E-state index < -0.39 is 17.6 Å². The lowest BCUT2D eigenvalue weighted by Crippen LogP contribution is -2.50. The van der Waals surface area contributed by atoms with Gasteiger partial charge in [-0.15, -0.1) is 0 Å². The molecule has 1 saturated heterocycles. The molecule has 0 unspecified atom stereocenters. The molecular weight excluding hydrogens is 474 g/mol. The number of aryl methyl sites for hydroxylation is 1. The molecule has 1 aliphatic heterocycles. The van der Waals surface area contributed by atoms with Crippen LogP contribution >= 0.6 is 11.6 Å². The van der Waals surface area contributed by atoms with E-state index in [4.69, 9.17) is 11.6 Å². The smallest absolute Gasteiger partial charge is 0.353 e. The first-order chi connectivity index (χ1) is 16.1. The minimum Gasteiger partial charge on any atom is -0.353 e. The van der Waals surface area contributed by atoms with E-state index in [1.54, 1.807) is 17.9 Å². The van der Waals surface area contributed by atoms with Crippen molar-refractivity contribution in [3.05, 3.63) is 70.6 Å². The number of hydrogen-bond acceptors (Lipinski definition) is 4. The maximum absolute atomic E-state index is 13.3. The lowest BCUT2D eigenvalue weighted by Gasteiger charge is -2.35. The number of carbonyl (C=O) groups excluding carboxylic acids is 1. The van der Waals surface area contributed by atoms with Gasteiger partial charge in [0.15, 0.2) is 5.82 Å². The number of piperazine rings is 1. The van der Waals surface area contributed by atoms with Crippen molar-refractivity contribution in [2.45, 2.75) is 13.1 Å². The van der Waals surface area contributed by atoms with Crippen molar-refractivity contribution in [2.24, 2.45) is 0 Å². The monoisotopic (exact) mass is 493 g/mol. The Balaban J connectivity index is 1.45. The Morgan fingerprint density at radius 1 is 1.03 bits per heavy atom. The average Bonchev–Trinajstić information content (AvgIpc) is 2.81. The van der Waals surface area contributed by atoms with Crippen LogP contribution in [0, 0.1) is 12.7 Å². The second-order valence-electron chi connectivity index (χ2n) is 7.80. The van der Waals surface area contributed by atoms with E-state index in [1.807, 2.05) is 4.90 Å². The molecule has 0 aliphatic carbocycles.